The third-order valence-corrected chi connectivity index (χ3v) is 5.54. The fourth-order valence-electron chi connectivity index (χ4n) is 1.88. The van der Waals surface area contributed by atoms with Crippen LogP contribution in [-0.2, 0) is 24.3 Å². The van der Waals surface area contributed by atoms with Crippen LogP contribution in [0.3, 0.4) is 0 Å². The molecule has 1 atom stereocenters. The number of rotatable bonds is 9. The van der Waals surface area contributed by atoms with E-state index in [1.165, 1.54) is 18.6 Å². The number of carbonyl (C=O) groups is 2. The largest absolute Gasteiger partial charge is 0.465 e. The van der Waals surface area contributed by atoms with Gasteiger partial charge >= 0.3 is 11.9 Å². The summed E-state index contributed by atoms with van der Waals surface area (Å²) in [5.74, 6) is -1.36. The summed E-state index contributed by atoms with van der Waals surface area (Å²) in [5, 5.41) is 1.48. The monoisotopic (exact) mass is 363 g/mol. The fraction of sp³-hybridized carbons (Fsp3) is 0.571. The number of thiophene rings is 1. The summed E-state index contributed by atoms with van der Waals surface area (Å²) >= 11 is 0.963. The van der Waals surface area contributed by atoms with Crippen molar-refractivity contribution in [3.05, 3.63) is 16.3 Å². The van der Waals surface area contributed by atoms with Crippen LogP contribution in [0.2, 0.25) is 0 Å². The zero-order chi connectivity index (χ0) is 17.5. The minimum absolute atomic E-state index is 0.0295. The van der Waals surface area contributed by atoms with Gasteiger partial charge in [0.15, 0.2) is 0 Å². The topological polar surface area (TPSA) is 98.8 Å². The molecular formula is C14H21NO6S2. The summed E-state index contributed by atoms with van der Waals surface area (Å²) in [6.45, 7) is 3.75. The zero-order valence-electron chi connectivity index (χ0n) is 13.3. The number of carbonyl (C=O) groups excluding carboxylic acids is 2. The predicted molar refractivity (Wildman–Crippen MR) is 85.9 cm³/mol. The molecule has 0 saturated heterocycles. The minimum atomic E-state index is -4.04. The molecule has 0 aliphatic carbocycles. The highest BCUT2D eigenvalue weighted by Gasteiger charge is 2.30. The fourth-order valence-corrected chi connectivity index (χ4v) is 4.43. The molecule has 9 heteroatoms. The number of ether oxygens (including phenoxy) is 2. The number of unbranched alkanes of at least 4 members (excludes halogenated alkanes) is 1. The molecule has 1 N–H and O–H groups in total. The Hall–Kier alpha value is -1.45. The quantitative estimate of drug-likeness (QED) is 0.673. The van der Waals surface area contributed by atoms with Crippen LogP contribution in [0.4, 0.5) is 0 Å². The van der Waals surface area contributed by atoms with Crippen molar-refractivity contribution in [2.45, 2.75) is 44.0 Å². The van der Waals surface area contributed by atoms with Crippen molar-refractivity contribution >= 4 is 33.3 Å². The first-order chi connectivity index (χ1) is 10.9. The molecule has 0 spiro atoms. The Labute approximate surface area is 140 Å². The van der Waals surface area contributed by atoms with Gasteiger partial charge in [-0.3, -0.25) is 4.79 Å². The summed E-state index contributed by atoms with van der Waals surface area (Å²) in [6.07, 6.45) is 1.80. The molecule has 0 bridgehead atoms. The maximum atomic E-state index is 12.5. The van der Waals surface area contributed by atoms with Gasteiger partial charge in [0, 0.05) is 0 Å². The van der Waals surface area contributed by atoms with E-state index in [0.717, 1.165) is 17.8 Å². The summed E-state index contributed by atoms with van der Waals surface area (Å²) < 4.78 is 36.8. The molecule has 0 saturated carbocycles. The second-order valence-corrected chi connectivity index (χ2v) is 7.27. The molecule has 1 unspecified atom stereocenters. The Morgan fingerprint density at radius 2 is 2.04 bits per heavy atom. The average molecular weight is 363 g/mol. The Morgan fingerprint density at radius 3 is 2.61 bits per heavy atom. The van der Waals surface area contributed by atoms with Crippen molar-refractivity contribution in [2.24, 2.45) is 0 Å². The Bertz CT molecular complexity index is 637. The van der Waals surface area contributed by atoms with Gasteiger partial charge in [0.2, 0.25) is 10.0 Å². The van der Waals surface area contributed by atoms with Crippen molar-refractivity contribution in [2.75, 3.05) is 13.7 Å². The van der Waals surface area contributed by atoms with E-state index in [0.29, 0.717) is 12.8 Å². The van der Waals surface area contributed by atoms with Crippen molar-refractivity contribution in [3.8, 4) is 0 Å². The number of hydrogen-bond donors (Lipinski definition) is 1. The van der Waals surface area contributed by atoms with Gasteiger partial charge in [0.1, 0.15) is 15.8 Å². The lowest BCUT2D eigenvalue weighted by Crippen LogP contribution is -2.42. The number of esters is 2. The molecule has 130 valence electrons. The van der Waals surface area contributed by atoms with Gasteiger partial charge in [-0.1, -0.05) is 19.8 Å². The molecular weight excluding hydrogens is 342 g/mol. The van der Waals surface area contributed by atoms with Crippen LogP contribution in [0.15, 0.2) is 16.3 Å². The van der Waals surface area contributed by atoms with Gasteiger partial charge in [0.25, 0.3) is 0 Å². The number of methoxy groups -OCH3 is 1. The smallest absolute Gasteiger partial charge is 0.349 e. The van der Waals surface area contributed by atoms with E-state index in [2.05, 4.69) is 9.46 Å². The van der Waals surface area contributed by atoms with Crippen molar-refractivity contribution < 1.29 is 27.5 Å². The molecule has 7 nitrogen and oxygen atoms in total. The van der Waals surface area contributed by atoms with Crippen LogP contribution in [0.1, 0.15) is 42.8 Å². The molecule has 0 aliphatic rings. The van der Waals surface area contributed by atoms with Gasteiger partial charge in [-0.05, 0) is 24.8 Å². The van der Waals surface area contributed by atoms with Crippen LogP contribution in [0.5, 0.6) is 0 Å². The van der Waals surface area contributed by atoms with Crippen LogP contribution >= 0.6 is 11.3 Å². The highest BCUT2D eigenvalue weighted by molar-refractivity contribution is 7.89. The molecule has 1 rings (SSSR count). The van der Waals surface area contributed by atoms with Gasteiger partial charge in [-0.25, -0.2) is 13.2 Å². The molecule has 0 amide bonds. The molecule has 1 aromatic rings. The Kier molecular flexibility index (Phi) is 7.66. The summed E-state index contributed by atoms with van der Waals surface area (Å²) in [5.41, 5.74) is 0. The third-order valence-electron chi connectivity index (χ3n) is 3.00. The normalized spacial score (nSPS) is 12.7. The lowest BCUT2D eigenvalue weighted by Gasteiger charge is -2.17. The number of hydrogen-bond acceptors (Lipinski definition) is 7. The molecule has 0 fully saturated rings. The number of nitrogens with one attached hydrogen (secondary N) is 1. The molecule has 0 aliphatic heterocycles. The van der Waals surface area contributed by atoms with Gasteiger partial charge in [0.05, 0.1) is 13.7 Å². The first-order valence-electron chi connectivity index (χ1n) is 7.22. The van der Waals surface area contributed by atoms with Crippen molar-refractivity contribution in [3.63, 3.8) is 0 Å². The summed E-state index contributed by atoms with van der Waals surface area (Å²) in [4.78, 5) is 23.3. The first kappa shape index (κ1) is 19.6. The van der Waals surface area contributed by atoms with Crippen LogP contribution in [0.25, 0.3) is 0 Å². The molecule has 23 heavy (non-hydrogen) atoms. The molecule has 0 radical (unpaired) electrons. The summed E-state index contributed by atoms with van der Waals surface area (Å²) in [6, 6.07) is 0.326. The highest BCUT2D eigenvalue weighted by atomic mass is 32.2. The van der Waals surface area contributed by atoms with Crippen LogP contribution < -0.4 is 4.72 Å². The van der Waals surface area contributed by atoms with Gasteiger partial charge in [-0.15, -0.1) is 11.3 Å². The molecule has 1 heterocycles. The maximum Gasteiger partial charge on any atom is 0.349 e. The predicted octanol–water partition coefficient (Wildman–Crippen LogP) is 1.93. The zero-order valence-corrected chi connectivity index (χ0v) is 15.0. The average Bonchev–Trinajstić information content (AvgIpc) is 3.01. The summed E-state index contributed by atoms with van der Waals surface area (Å²) in [7, 11) is -2.86. The van der Waals surface area contributed by atoms with E-state index in [1.54, 1.807) is 6.92 Å². The van der Waals surface area contributed by atoms with E-state index in [-0.39, 0.29) is 16.4 Å². The van der Waals surface area contributed by atoms with Crippen molar-refractivity contribution in [1.82, 2.24) is 4.72 Å². The van der Waals surface area contributed by atoms with E-state index >= 15 is 0 Å². The van der Waals surface area contributed by atoms with E-state index in [1.807, 2.05) is 6.92 Å². The van der Waals surface area contributed by atoms with Crippen LogP contribution in [-0.4, -0.2) is 40.1 Å². The SMILES string of the molecule is CCCCC(NS(=O)(=O)c1ccsc1C(=O)OC)C(=O)OCC. The first-order valence-corrected chi connectivity index (χ1v) is 9.58. The standard InChI is InChI=1S/C14H21NO6S2/c1-4-6-7-10(13(16)21-5-2)15-23(18,19)11-8-9-22-12(11)14(17)20-3/h8-10,15H,4-7H2,1-3H3. The second-order valence-electron chi connectivity index (χ2n) is 4.67. The van der Waals surface area contributed by atoms with E-state index in [9.17, 15) is 18.0 Å². The lowest BCUT2D eigenvalue weighted by atomic mass is 10.1. The minimum Gasteiger partial charge on any atom is -0.465 e. The van der Waals surface area contributed by atoms with E-state index in [4.69, 9.17) is 4.74 Å². The molecule has 1 aromatic heterocycles. The third kappa shape index (κ3) is 5.29. The van der Waals surface area contributed by atoms with Gasteiger partial charge in [-0.2, -0.15) is 4.72 Å². The number of sulfonamides is 1. The maximum absolute atomic E-state index is 12.5. The van der Waals surface area contributed by atoms with Gasteiger partial charge < -0.3 is 9.47 Å². The van der Waals surface area contributed by atoms with E-state index < -0.39 is 28.0 Å². The van der Waals surface area contributed by atoms with Crippen molar-refractivity contribution in [1.29, 1.82) is 0 Å². The van der Waals surface area contributed by atoms with Crippen LogP contribution in [0, 0.1) is 0 Å². The highest BCUT2D eigenvalue weighted by Crippen LogP contribution is 2.23. The Balaban J connectivity index is 3.04. The Morgan fingerprint density at radius 1 is 1.35 bits per heavy atom. The lowest BCUT2D eigenvalue weighted by molar-refractivity contribution is -0.145. The molecule has 0 aromatic carbocycles. The second kappa shape index (κ2) is 8.99.